The number of likely N-dealkylation sites (tertiary alicyclic amines) is 1. The zero-order chi connectivity index (χ0) is 25.5. The van der Waals surface area contributed by atoms with Gasteiger partial charge in [-0.1, -0.05) is 67.2 Å². The van der Waals surface area contributed by atoms with Gasteiger partial charge < -0.3 is 10.2 Å². The van der Waals surface area contributed by atoms with Gasteiger partial charge in [0.15, 0.2) is 0 Å². The van der Waals surface area contributed by atoms with E-state index in [1.54, 1.807) is 6.20 Å². The number of piperidine rings is 1. The Labute approximate surface area is 220 Å². The lowest BCUT2D eigenvalue weighted by molar-refractivity contribution is 0.0622. The molecule has 2 aliphatic rings. The molecule has 192 valence electrons. The summed E-state index contributed by atoms with van der Waals surface area (Å²) < 4.78 is 0. The summed E-state index contributed by atoms with van der Waals surface area (Å²) in [5.74, 6) is 0.00951. The van der Waals surface area contributed by atoms with Crippen molar-refractivity contribution in [3.05, 3.63) is 108 Å². The Hall–Kier alpha value is -3.48. The number of carbonyl (C=O) groups excluding carboxylic acids is 1. The lowest BCUT2D eigenvalue weighted by Gasteiger charge is -2.34. The van der Waals surface area contributed by atoms with Gasteiger partial charge in [0, 0.05) is 75.9 Å². The van der Waals surface area contributed by atoms with Crippen LogP contribution in [0.3, 0.4) is 0 Å². The van der Waals surface area contributed by atoms with Gasteiger partial charge in [-0.3, -0.25) is 19.6 Å². The molecule has 3 heterocycles. The molecular weight excluding hydrogens is 458 g/mol. The zero-order valence-electron chi connectivity index (χ0n) is 21.6. The van der Waals surface area contributed by atoms with E-state index in [1.807, 2.05) is 23.1 Å². The van der Waals surface area contributed by atoms with Gasteiger partial charge in [0.05, 0.1) is 0 Å². The highest BCUT2D eigenvalue weighted by atomic mass is 16.2. The lowest BCUT2D eigenvalue weighted by Crippen LogP contribution is -2.48. The molecule has 2 saturated heterocycles. The molecule has 0 radical (unpaired) electrons. The Balaban J connectivity index is 1.06. The van der Waals surface area contributed by atoms with Gasteiger partial charge in [0.25, 0.3) is 5.91 Å². The van der Waals surface area contributed by atoms with Gasteiger partial charge in [-0.2, -0.15) is 0 Å². The molecule has 2 aliphatic heterocycles. The highest BCUT2D eigenvalue weighted by Crippen LogP contribution is 2.18. The maximum Gasteiger partial charge on any atom is 0.272 e. The molecule has 1 aromatic heterocycles. The summed E-state index contributed by atoms with van der Waals surface area (Å²) in [5, 5.41) is 3.59. The maximum absolute atomic E-state index is 13.0. The Morgan fingerprint density at radius 1 is 0.784 bits per heavy atom. The van der Waals surface area contributed by atoms with Crippen molar-refractivity contribution >= 4 is 11.6 Å². The second-order valence-electron chi connectivity index (χ2n) is 10.1. The SMILES string of the molecule is C=C(NC1CCN(Cc2ccccc2)CC1)c1ccc(C(=O)N2CCN(Cc3ccccc3)CC2)nc1. The van der Waals surface area contributed by atoms with Gasteiger partial charge >= 0.3 is 0 Å². The van der Waals surface area contributed by atoms with Crippen LogP contribution in [0, 0.1) is 0 Å². The van der Waals surface area contributed by atoms with Crippen LogP contribution >= 0.6 is 0 Å². The molecular formula is C31H37N5O. The molecule has 3 aromatic rings. The van der Waals surface area contributed by atoms with E-state index in [-0.39, 0.29) is 5.91 Å². The molecule has 5 rings (SSSR count). The van der Waals surface area contributed by atoms with Crippen molar-refractivity contribution in [3.8, 4) is 0 Å². The fourth-order valence-corrected chi connectivity index (χ4v) is 5.22. The third kappa shape index (κ3) is 6.85. The van der Waals surface area contributed by atoms with E-state index in [0.717, 1.165) is 76.5 Å². The Morgan fingerprint density at radius 3 is 1.89 bits per heavy atom. The summed E-state index contributed by atoms with van der Waals surface area (Å²) in [6, 6.07) is 25.4. The first-order valence-corrected chi connectivity index (χ1v) is 13.4. The molecule has 0 saturated carbocycles. The van der Waals surface area contributed by atoms with E-state index in [2.05, 4.69) is 81.3 Å². The minimum absolute atomic E-state index is 0.00951. The standard InChI is InChI=1S/C31H37N5O/c1-25(33-29-14-16-34(17-15-29)23-26-8-4-2-5-9-26)28-12-13-30(32-22-28)31(37)36-20-18-35(19-21-36)24-27-10-6-3-7-11-27/h2-13,22,29,33H,1,14-21,23-24H2. The van der Waals surface area contributed by atoms with Crippen molar-refractivity contribution in [1.82, 2.24) is 25.0 Å². The fourth-order valence-electron chi connectivity index (χ4n) is 5.22. The molecule has 0 atom stereocenters. The number of benzene rings is 2. The number of aromatic nitrogens is 1. The third-order valence-electron chi connectivity index (χ3n) is 7.45. The summed E-state index contributed by atoms with van der Waals surface area (Å²) >= 11 is 0. The Morgan fingerprint density at radius 2 is 1.35 bits per heavy atom. The highest BCUT2D eigenvalue weighted by molar-refractivity contribution is 5.92. The van der Waals surface area contributed by atoms with Crippen LogP contribution in [0.2, 0.25) is 0 Å². The normalized spacial score (nSPS) is 17.5. The van der Waals surface area contributed by atoms with Crippen molar-refractivity contribution < 1.29 is 4.79 Å². The van der Waals surface area contributed by atoms with Gasteiger partial charge in [-0.25, -0.2) is 0 Å². The molecule has 6 heteroatoms. The molecule has 0 aliphatic carbocycles. The van der Waals surface area contributed by atoms with Crippen molar-refractivity contribution in [2.24, 2.45) is 0 Å². The second-order valence-corrected chi connectivity index (χ2v) is 10.1. The number of hydrogen-bond donors (Lipinski definition) is 1. The van der Waals surface area contributed by atoms with Crippen molar-refractivity contribution in [3.63, 3.8) is 0 Å². The molecule has 0 spiro atoms. The van der Waals surface area contributed by atoms with Gasteiger partial charge in [-0.05, 0) is 36.1 Å². The number of nitrogens with one attached hydrogen (secondary N) is 1. The zero-order valence-corrected chi connectivity index (χ0v) is 21.6. The van der Waals surface area contributed by atoms with Gasteiger partial charge in [0.1, 0.15) is 5.69 Å². The maximum atomic E-state index is 13.0. The van der Waals surface area contributed by atoms with Crippen LogP contribution in [0.5, 0.6) is 0 Å². The van der Waals surface area contributed by atoms with Crippen molar-refractivity contribution in [2.75, 3.05) is 39.3 Å². The second kappa shape index (κ2) is 12.2. The third-order valence-corrected chi connectivity index (χ3v) is 7.45. The average Bonchev–Trinajstić information content (AvgIpc) is 2.95. The van der Waals surface area contributed by atoms with Crippen molar-refractivity contribution in [2.45, 2.75) is 32.0 Å². The number of pyridine rings is 1. The van der Waals surface area contributed by atoms with Crippen LogP contribution < -0.4 is 5.32 Å². The molecule has 1 amide bonds. The minimum atomic E-state index is 0.00951. The van der Waals surface area contributed by atoms with Gasteiger partial charge in [0.2, 0.25) is 0 Å². The van der Waals surface area contributed by atoms with Crippen LogP contribution in [0.4, 0.5) is 0 Å². The van der Waals surface area contributed by atoms with E-state index < -0.39 is 0 Å². The molecule has 2 aromatic carbocycles. The highest BCUT2D eigenvalue weighted by Gasteiger charge is 2.23. The molecule has 0 unspecified atom stereocenters. The van der Waals surface area contributed by atoms with E-state index in [0.29, 0.717) is 11.7 Å². The lowest BCUT2D eigenvalue weighted by atomic mass is 10.0. The van der Waals surface area contributed by atoms with Crippen LogP contribution in [-0.2, 0) is 13.1 Å². The average molecular weight is 496 g/mol. The number of piperazine rings is 1. The van der Waals surface area contributed by atoms with Crippen LogP contribution in [0.25, 0.3) is 5.70 Å². The smallest absolute Gasteiger partial charge is 0.272 e. The van der Waals surface area contributed by atoms with Crippen LogP contribution in [0.15, 0.2) is 85.6 Å². The van der Waals surface area contributed by atoms with Crippen molar-refractivity contribution in [1.29, 1.82) is 0 Å². The number of rotatable bonds is 8. The van der Waals surface area contributed by atoms with E-state index in [9.17, 15) is 4.79 Å². The van der Waals surface area contributed by atoms with Crippen LogP contribution in [-0.4, -0.2) is 70.9 Å². The van der Waals surface area contributed by atoms with E-state index in [1.165, 1.54) is 11.1 Å². The molecule has 2 fully saturated rings. The minimum Gasteiger partial charge on any atom is -0.382 e. The first kappa shape index (κ1) is 25.2. The fraction of sp³-hybridized carbons (Fsp3) is 0.355. The summed E-state index contributed by atoms with van der Waals surface area (Å²) in [6.45, 7) is 11.5. The topological polar surface area (TPSA) is 51.7 Å². The predicted molar refractivity (Wildman–Crippen MR) is 149 cm³/mol. The quantitative estimate of drug-likeness (QED) is 0.506. The summed E-state index contributed by atoms with van der Waals surface area (Å²) in [6.07, 6.45) is 3.96. The number of amides is 1. The summed E-state index contributed by atoms with van der Waals surface area (Å²) in [4.78, 5) is 24.4. The molecule has 37 heavy (non-hydrogen) atoms. The monoisotopic (exact) mass is 495 g/mol. The first-order valence-electron chi connectivity index (χ1n) is 13.4. The molecule has 0 bridgehead atoms. The Kier molecular flexibility index (Phi) is 8.28. The largest absolute Gasteiger partial charge is 0.382 e. The Bertz CT molecular complexity index is 1150. The first-order chi connectivity index (χ1) is 18.1. The summed E-state index contributed by atoms with van der Waals surface area (Å²) in [5.41, 5.74) is 5.00. The van der Waals surface area contributed by atoms with Gasteiger partial charge in [-0.15, -0.1) is 0 Å². The van der Waals surface area contributed by atoms with Crippen LogP contribution in [0.1, 0.15) is 40.0 Å². The number of nitrogens with zero attached hydrogens (tertiary/aromatic N) is 4. The molecule has 1 N–H and O–H groups in total. The summed E-state index contributed by atoms with van der Waals surface area (Å²) in [7, 11) is 0. The number of hydrogen-bond acceptors (Lipinski definition) is 5. The molecule has 6 nitrogen and oxygen atoms in total. The number of carbonyl (C=O) groups is 1. The predicted octanol–water partition coefficient (Wildman–Crippen LogP) is 4.26. The van der Waals surface area contributed by atoms with E-state index in [4.69, 9.17) is 0 Å². The van der Waals surface area contributed by atoms with E-state index >= 15 is 0 Å².